The number of hydrogen-bond donors (Lipinski definition) is 0. The predicted molar refractivity (Wildman–Crippen MR) is 149 cm³/mol. The van der Waals surface area contributed by atoms with Crippen LogP contribution in [0, 0.1) is 23.7 Å². The van der Waals surface area contributed by atoms with Crippen LogP contribution in [0.5, 0.6) is 0 Å². The lowest BCUT2D eigenvalue weighted by molar-refractivity contribution is -0.653. The van der Waals surface area contributed by atoms with Crippen LogP contribution < -0.4 is 8.96 Å². The van der Waals surface area contributed by atoms with E-state index in [4.69, 9.17) is 0 Å². The van der Waals surface area contributed by atoms with Crippen molar-refractivity contribution in [2.45, 2.75) is 50.2 Å². The molecule has 0 atom stereocenters. The summed E-state index contributed by atoms with van der Waals surface area (Å²) in [6.07, 6.45) is 11.7. The second kappa shape index (κ2) is 9.10. The number of nitrogens with zero attached hydrogens (tertiary/aromatic N) is 2. The van der Waals surface area contributed by atoms with E-state index in [1.54, 1.807) is 0 Å². The summed E-state index contributed by atoms with van der Waals surface area (Å²) < 4.78 is 5.35. The fourth-order valence-electron chi connectivity index (χ4n) is 7.62. The second-order valence-corrected chi connectivity index (χ2v) is 10.9. The molecule has 0 radical (unpaired) electrons. The monoisotopic (exact) mass is 477 g/mol. The molecule has 7 rings (SSSR count). The lowest BCUT2D eigenvalue weighted by Crippen LogP contribution is -2.84. The maximum absolute atomic E-state index is 3.46. The number of fused-ring (bicyclic) bond motifs is 3. The summed E-state index contributed by atoms with van der Waals surface area (Å²) in [5.74, 6) is 15.1. The average Bonchev–Trinajstić information content (AvgIpc) is 3.21. The molecule has 0 saturated carbocycles. The first-order chi connectivity index (χ1) is 18.3. The molecule has 3 heteroatoms. The number of benzene rings is 2. The molecule has 4 aromatic rings. The molecule has 0 amide bonds. The predicted octanol–water partition coefficient (Wildman–Crippen LogP) is 5.99. The van der Waals surface area contributed by atoms with Crippen LogP contribution in [0.15, 0.2) is 97.3 Å². The van der Waals surface area contributed by atoms with E-state index in [-0.39, 0.29) is 0 Å². The van der Waals surface area contributed by atoms with Gasteiger partial charge in [0.1, 0.15) is 12.4 Å². The van der Waals surface area contributed by atoms with Crippen LogP contribution in [0.1, 0.15) is 60.8 Å². The summed E-state index contributed by atoms with van der Waals surface area (Å²) >= 11 is 0. The van der Waals surface area contributed by atoms with Crippen molar-refractivity contribution in [2.75, 3.05) is 0 Å². The smallest absolute Gasteiger partial charge is 0.348 e. The van der Waals surface area contributed by atoms with Crippen LogP contribution in [-0.4, -0.2) is 6.42 Å². The first-order valence-corrected chi connectivity index (χ1v) is 13.7. The van der Waals surface area contributed by atoms with E-state index in [1.807, 2.05) is 36.4 Å². The van der Waals surface area contributed by atoms with Gasteiger partial charge in [-0.05, 0) is 48.0 Å². The van der Waals surface area contributed by atoms with Crippen molar-refractivity contribution < 1.29 is 8.96 Å². The van der Waals surface area contributed by atoms with Crippen molar-refractivity contribution >= 4 is 6.42 Å². The van der Waals surface area contributed by atoms with Gasteiger partial charge < -0.3 is 8.96 Å². The molecule has 2 aromatic carbocycles. The molecule has 2 aromatic heterocycles. The lowest BCUT2D eigenvalue weighted by Gasteiger charge is -2.45. The largest absolute Gasteiger partial charge is 0.553 e. The Morgan fingerprint density at radius 1 is 0.486 bits per heavy atom. The molecule has 2 bridgehead atoms. The molecule has 2 fully saturated rings. The topological polar surface area (TPSA) is 7.76 Å². The van der Waals surface area contributed by atoms with Gasteiger partial charge >= 0.3 is 6.42 Å². The maximum atomic E-state index is 3.46. The summed E-state index contributed by atoms with van der Waals surface area (Å²) in [5.41, 5.74) is 6.95. The molecule has 2 nitrogen and oxygen atoms in total. The highest BCUT2D eigenvalue weighted by molar-refractivity contribution is 6.67. The highest BCUT2D eigenvalue weighted by atomic mass is 15.2. The molecule has 2 saturated heterocycles. The zero-order chi connectivity index (χ0) is 24.7. The van der Waals surface area contributed by atoms with Crippen LogP contribution in [0.2, 0.25) is 11.6 Å². The Morgan fingerprint density at radius 3 is 1.32 bits per heavy atom. The van der Waals surface area contributed by atoms with Gasteiger partial charge in [0.05, 0.1) is 11.1 Å². The quantitative estimate of drug-likeness (QED) is 0.217. The number of hydrogen-bond acceptors (Lipinski definition) is 0. The highest BCUT2D eigenvalue weighted by Crippen LogP contribution is 2.51. The minimum atomic E-state index is -0.973. The van der Waals surface area contributed by atoms with Gasteiger partial charge in [-0.15, -0.1) is 0 Å². The Hall–Kier alpha value is -4.08. The number of aromatic nitrogens is 2. The molecule has 37 heavy (non-hydrogen) atoms. The SMILES string of the molecule is C(#Cc1ccc2[n+](c1)[B-]1(C3CCCC1CCC3)[n+]1cc(C#Cc3ccccc3)ccc1-2)c1ccccc1. The van der Waals surface area contributed by atoms with Crippen molar-refractivity contribution in [1.29, 1.82) is 0 Å². The minimum Gasteiger partial charge on any atom is -0.348 e. The standard InChI is InChI=1S/C34H30BN2/c1-3-9-27(10-4-1)17-19-29-21-23-33-34-24-22-30(20-18-28-11-5-2-6-12-28)26-37(34)35(36(33)25-29)31-13-7-14-32(35)16-8-15-31/h1-6,9-12,21-26,31-32H,7-8,13-16H2/q+1. The van der Waals surface area contributed by atoms with Gasteiger partial charge in [-0.3, -0.25) is 0 Å². The lowest BCUT2D eigenvalue weighted by atomic mass is 9.24. The Labute approximate surface area is 220 Å². The van der Waals surface area contributed by atoms with Crippen molar-refractivity contribution in [3.63, 3.8) is 0 Å². The first-order valence-electron chi connectivity index (χ1n) is 13.7. The van der Waals surface area contributed by atoms with Gasteiger partial charge in [0, 0.05) is 23.3 Å². The fourth-order valence-corrected chi connectivity index (χ4v) is 7.62. The molecule has 0 aliphatic carbocycles. The fraction of sp³-hybridized carbons (Fsp3) is 0.235. The average molecular weight is 477 g/mol. The third kappa shape index (κ3) is 3.70. The highest BCUT2D eigenvalue weighted by Gasteiger charge is 2.68. The van der Waals surface area contributed by atoms with Crippen molar-refractivity contribution in [2.24, 2.45) is 0 Å². The molecular formula is C34H30BN2+. The number of rotatable bonds is 0. The van der Waals surface area contributed by atoms with Gasteiger partial charge in [-0.1, -0.05) is 98.6 Å². The van der Waals surface area contributed by atoms with Crippen molar-refractivity contribution in [3.05, 3.63) is 120 Å². The number of pyridine rings is 2. The van der Waals surface area contributed by atoms with Crippen LogP contribution in [-0.2, 0) is 0 Å². The molecule has 1 spiro atoms. The Balaban J connectivity index is 1.37. The van der Waals surface area contributed by atoms with Gasteiger partial charge in [-0.25, -0.2) is 0 Å². The zero-order valence-electron chi connectivity index (χ0n) is 21.1. The summed E-state index contributed by atoms with van der Waals surface area (Å²) in [6.45, 7) is 0. The zero-order valence-corrected chi connectivity index (χ0v) is 21.1. The summed E-state index contributed by atoms with van der Waals surface area (Å²) in [7, 11) is 0. The molecule has 3 aliphatic heterocycles. The van der Waals surface area contributed by atoms with Gasteiger partial charge in [0.15, 0.2) is 0 Å². The van der Waals surface area contributed by atoms with E-state index in [9.17, 15) is 0 Å². The van der Waals surface area contributed by atoms with Crippen molar-refractivity contribution in [3.8, 4) is 35.1 Å². The van der Waals surface area contributed by atoms with E-state index < -0.39 is 6.42 Å². The summed E-state index contributed by atoms with van der Waals surface area (Å²) in [6, 6.07) is 29.6. The molecule has 5 heterocycles. The Kier molecular flexibility index (Phi) is 5.45. The van der Waals surface area contributed by atoms with E-state index >= 15 is 0 Å². The Morgan fingerprint density at radius 2 is 0.892 bits per heavy atom. The Bertz CT molecular complexity index is 1470. The normalized spacial score (nSPS) is 20.1. The second-order valence-electron chi connectivity index (χ2n) is 10.9. The molecule has 0 N–H and O–H groups in total. The molecular weight excluding hydrogens is 447 g/mol. The molecule has 0 unspecified atom stereocenters. The van der Waals surface area contributed by atoms with Crippen molar-refractivity contribution in [1.82, 2.24) is 0 Å². The molecule has 178 valence electrons. The van der Waals surface area contributed by atoms with Gasteiger partial charge in [0.25, 0.3) is 0 Å². The summed E-state index contributed by atoms with van der Waals surface area (Å²) in [5, 5.41) is 0. The summed E-state index contributed by atoms with van der Waals surface area (Å²) in [4.78, 5) is 0. The van der Waals surface area contributed by atoms with Crippen LogP contribution in [0.3, 0.4) is 0 Å². The van der Waals surface area contributed by atoms with E-state index in [1.165, 1.54) is 49.9 Å². The minimum absolute atomic E-state index is 0.692. The third-order valence-corrected chi connectivity index (χ3v) is 9.05. The van der Waals surface area contributed by atoms with Crippen LogP contribution in [0.25, 0.3) is 11.4 Å². The first kappa shape index (κ1) is 22.1. The van der Waals surface area contributed by atoms with Crippen LogP contribution >= 0.6 is 0 Å². The van der Waals surface area contributed by atoms with Crippen LogP contribution in [0.4, 0.5) is 0 Å². The van der Waals surface area contributed by atoms with E-state index in [0.717, 1.165) is 22.3 Å². The van der Waals surface area contributed by atoms with Gasteiger partial charge in [0.2, 0.25) is 11.4 Å². The van der Waals surface area contributed by atoms with E-state index in [0.29, 0.717) is 11.6 Å². The maximum Gasteiger partial charge on any atom is 0.553 e. The van der Waals surface area contributed by atoms with E-state index in [2.05, 4.69) is 93.6 Å². The van der Waals surface area contributed by atoms with Gasteiger partial charge in [-0.2, -0.15) is 0 Å². The molecule has 3 aliphatic rings. The third-order valence-electron chi connectivity index (χ3n) is 9.05.